The Hall–Kier alpha value is -1.84. The van der Waals surface area contributed by atoms with E-state index < -0.39 is 0 Å². The molecule has 2 aliphatic rings. The number of hydrogen-bond donors (Lipinski definition) is 1. The van der Waals surface area contributed by atoms with E-state index in [4.69, 9.17) is 4.52 Å². The molecule has 0 spiro atoms. The Bertz CT molecular complexity index is 629. The summed E-state index contributed by atoms with van der Waals surface area (Å²) in [6.45, 7) is 1.07. The molecule has 4 nitrogen and oxygen atoms in total. The second kappa shape index (κ2) is 5.51. The maximum atomic E-state index is 5.51. The molecule has 1 fully saturated rings. The minimum absolute atomic E-state index is 0.496. The molecule has 2 heterocycles. The summed E-state index contributed by atoms with van der Waals surface area (Å²) in [5.74, 6) is 2.07. The van der Waals surface area contributed by atoms with Gasteiger partial charge in [0.05, 0.1) is 0 Å². The first-order chi connectivity index (χ1) is 10.4. The standard InChI is InChI=1S/C17H21N3O/c1-2-5-12(6-3-1)16-19-17(21-20-16)14-8-9-15-13(11-14)7-4-10-18-15/h8-9,11-12,18H,1-7,10H2. The average Bonchev–Trinajstić information content (AvgIpc) is 3.05. The van der Waals surface area contributed by atoms with Crippen molar-refractivity contribution in [1.29, 1.82) is 0 Å². The van der Waals surface area contributed by atoms with E-state index in [0.29, 0.717) is 11.8 Å². The predicted molar refractivity (Wildman–Crippen MR) is 82.4 cm³/mol. The highest BCUT2D eigenvalue weighted by atomic mass is 16.5. The highest BCUT2D eigenvalue weighted by molar-refractivity contribution is 5.63. The maximum absolute atomic E-state index is 5.51. The summed E-state index contributed by atoms with van der Waals surface area (Å²) in [6, 6.07) is 6.41. The Balaban J connectivity index is 1.60. The van der Waals surface area contributed by atoms with Crippen LogP contribution >= 0.6 is 0 Å². The number of anilines is 1. The molecule has 0 radical (unpaired) electrons. The van der Waals surface area contributed by atoms with E-state index in [1.165, 1.54) is 49.8 Å². The van der Waals surface area contributed by atoms with Crippen LogP contribution in [0.3, 0.4) is 0 Å². The molecule has 1 aliphatic carbocycles. The topological polar surface area (TPSA) is 51.0 Å². The van der Waals surface area contributed by atoms with Crippen molar-refractivity contribution < 1.29 is 4.52 Å². The molecule has 0 atom stereocenters. The zero-order valence-electron chi connectivity index (χ0n) is 12.3. The Kier molecular flexibility index (Phi) is 3.37. The fourth-order valence-corrected chi connectivity index (χ4v) is 3.49. The Morgan fingerprint density at radius 3 is 2.90 bits per heavy atom. The van der Waals surface area contributed by atoms with Crippen LogP contribution in [0.4, 0.5) is 5.69 Å². The number of hydrogen-bond acceptors (Lipinski definition) is 4. The van der Waals surface area contributed by atoms with Gasteiger partial charge in [0.25, 0.3) is 5.89 Å². The number of benzene rings is 1. The minimum Gasteiger partial charge on any atom is -0.385 e. The van der Waals surface area contributed by atoms with Crippen LogP contribution in [0, 0.1) is 0 Å². The van der Waals surface area contributed by atoms with E-state index in [9.17, 15) is 0 Å². The van der Waals surface area contributed by atoms with Crippen LogP contribution in [0.15, 0.2) is 22.7 Å². The first kappa shape index (κ1) is 12.9. The van der Waals surface area contributed by atoms with Gasteiger partial charge in [-0.25, -0.2) is 0 Å². The van der Waals surface area contributed by atoms with E-state index in [0.717, 1.165) is 24.4 Å². The smallest absolute Gasteiger partial charge is 0.257 e. The summed E-state index contributed by atoms with van der Waals surface area (Å²) in [6.07, 6.45) is 8.64. The number of nitrogens with zero attached hydrogens (tertiary/aromatic N) is 2. The average molecular weight is 283 g/mol. The monoisotopic (exact) mass is 283 g/mol. The van der Waals surface area contributed by atoms with E-state index >= 15 is 0 Å². The van der Waals surface area contributed by atoms with Gasteiger partial charge in [-0.2, -0.15) is 4.98 Å². The second-order valence-electron chi connectivity index (χ2n) is 6.19. The van der Waals surface area contributed by atoms with Crippen molar-refractivity contribution in [2.24, 2.45) is 0 Å². The van der Waals surface area contributed by atoms with Gasteiger partial charge < -0.3 is 9.84 Å². The van der Waals surface area contributed by atoms with Crippen molar-refractivity contribution in [3.63, 3.8) is 0 Å². The molecule has 0 amide bonds. The Morgan fingerprint density at radius 2 is 2.00 bits per heavy atom. The van der Waals surface area contributed by atoms with Gasteiger partial charge in [0, 0.05) is 23.7 Å². The summed E-state index contributed by atoms with van der Waals surface area (Å²) in [5, 5.41) is 7.66. The Labute approximate surface area is 124 Å². The van der Waals surface area contributed by atoms with Gasteiger partial charge in [-0.05, 0) is 49.4 Å². The normalized spacial score (nSPS) is 19.0. The van der Waals surface area contributed by atoms with Gasteiger partial charge >= 0.3 is 0 Å². The van der Waals surface area contributed by atoms with E-state index in [2.05, 4.69) is 33.7 Å². The highest BCUT2D eigenvalue weighted by Crippen LogP contribution is 2.33. The number of aryl methyl sites for hydroxylation is 1. The van der Waals surface area contributed by atoms with Gasteiger partial charge in [0.1, 0.15) is 0 Å². The molecule has 21 heavy (non-hydrogen) atoms. The van der Waals surface area contributed by atoms with Crippen molar-refractivity contribution in [2.75, 3.05) is 11.9 Å². The van der Waals surface area contributed by atoms with Crippen LogP contribution in [0.1, 0.15) is 55.8 Å². The fourth-order valence-electron chi connectivity index (χ4n) is 3.49. The van der Waals surface area contributed by atoms with Gasteiger partial charge in [-0.15, -0.1) is 0 Å². The summed E-state index contributed by atoms with van der Waals surface area (Å²) >= 11 is 0. The van der Waals surface area contributed by atoms with Crippen LogP contribution in [0.25, 0.3) is 11.5 Å². The highest BCUT2D eigenvalue weighted by Gasteiger charge is 2.21. The molecular weight excluding hydrogens is 262 g/mol. The number of fused-ring (bicyclic) bond motifs is 1. The SMILES string of the molecule is c1cc2c(cc1-c1nc(C3CCCCC3)no1)CCCN2. The molecule has 0 saturated heterocycles. The van der Waals surface area contributed by atoms with Crippen LogP contribution in [-0.2, 0) is 6.42 Å². The summed E-state index contributed by atoms with van der Waals surface area (Å²) in [7, 11) is 0. The van der Waals surface area contributed by atoms with E-state index in [1.807, 2.05) is 0 Å². The quantitative estimate of drug-likeness (QED) is 0.899. The molecule has 1 aromatic heterocycles. The predicted octanol–water partition coefficient (Wildman–Crippen LogP) is 4.14. The van der Waals surface area contributed by atoms with Crippen molar-refractivity contribution >= 4 is 5.69 Å². The van der Waals surface area contributed by atoms with Crippen molar-refractivity contribution in [3.05, 3.63) is 29.6 Å². The summed E-state index contributed by atoms with van der Waals surface area (Å²) in [5.41, 5.74) is 3.65. The molecule has 110 valence electrons. The van der Waals surface area contributed by atoms with E-state index in [1.54, 1.807) is 0 Å². The third kappa shape index (κ3) is 2.55. The number of aromatic nitrogens is 2. The van der Waals surface area contributed by atoms with Crippen LogP contribution < -0.4 is 5.32 Å². The molecule has 4 heteroatoms. The minimum atomic E-state index is 0.496. The van der Waals surface area contributed by atoms with Crippen molar-refractivity contribution in [2.45, 2.75) is 50.9 Å². The third-order valence-corrected chi connectivity index (χ3v) is 4.70. The molecule has 0 bridgehead atoms. The lowest BCUT2D eigenvalue weighted by atomic mass is 9.89. The molecule has 1 N–H and O–H groups in total. The third-order valence-electron chi connectivity index (χ3n) is 4.70. The Morgan fingerprint density at radius 1 is 1.10 bits per heavy atom. The van der Waals surface area contributed by atoms with Crippen LogP contribution in [-0.4, -0.2) is 16.7 Å². The van der Waals surface area contributed by atoms with Gasteiger partial charge in [0.2, 0.25) is 0 Å². The summed E-state index contributed by atoms with van der Waals surface area (Å²) < 4.78 is 5.51. The van der Waals surface area contributed by atoms with Crippen LogP contribution in [0.5, 0.6) is 0 Å². The van der Waals surface area contributed by atoms with Gasteiger partial charge in [0.15, 0.2) is 5.82 Å². The van der Waals surface area contributed by atoms with Gasteiger partial charge in [-0.1, -0.05) is 24.4 Å². The number of nitrogens with one attached hydrogen (secondary N) is 1. The van der Waals surface area contributed by atoms with Crippen molar-refractivity contribution in [1.82, 2.24) is 10.1 Å². The largest absolute Gasteiger partial charge is 0.385 e. The number of rotatable bonds is 2. The summed E-state index contributed by atoms with van der Waals surface area (Å²) in [4.78, 5) is 4.65. The zero-order valence-corrected chi connectivity index (χ0v) is 12.3. The first-order valence-electron chi connectivity index (χ1n) is 8.11. The first-order valence-corrected chi connectivity index (χ1v) is 8.11. The molecule has 1 saturated carbocycles. The van der Waals surface area contributed by atoms with Gasteiger partial charge in [-0.3, -0.25) is 0 Å². The fraction of sp³-hybridized carbons (Fsp3) is 0.529. The molecule has 1 aromatic carbocycles. The molecule has 1 aliphatic heterocycles. The lowest BCUT2D eigenvalue weighted by Crippen LogP contribution is -2.11. The lowest BCUT2D eigenvalue weighted by Gasteiger charge is -2.18. The molecule has 2 aromatic rings. The molecule has 4 rings (SSSR count). The van der Waals surface area contributed by atoms with Crippen molar-refractivity contribution in [3.8, 4) is 11.5 Å². The zero-order chi connectivity index (χ0) is 14.1. The maximum Gasteiger partial charge on any atom is 0.257 e. The molecular formula is C17H21N3O. The molecule has 0 unspecified atom stereocenters. The van der Waals surface area contributed by atoms with Crippen LogP contribution in [0.2, 0.25) is 0 Å². The second-order valence-corrected chi connectivity index (χ2v) is 6.19. The van der Waals surface area contributed by atoms with E-state index in [-0.39, 0.29) is 0 Å². The lowest BCUT2D eigenvalue weighted by molar-refractivity contribution is 0.385.